The molecule has 3 rings (SSSR count). The lowest BCUT2D eigenvalue weighted by atomic mass is 9.88. The summed E-state index contributed by atoms with van der Waals surface area (Å²) < 4.78 is 10.9. The Morgan fingerprint density at radius 2 is 2.17 bits per heavy atom. The van der Waals surface area contributed by atoms with E-state index in [1.807, 2.05) is 0 Å². The quantitative estimate of drug-likeness (QED) is 0.818. The molecule has 0 radical (unpaired) electrons. The van der Waals surface area contributed by atoms with E-state index in [9.17, 15) is 14.4 Å². The average molecular weight is 351 g/mol. The van der Waals surface area contributed by atoms with Crippen molar-refractivity contribution in [1.82, 2.24) is 9.97 Å². The Hall–Kier alpha value is -2.54. The van der Waals surface area contributed by atoms with E-state index >= 15 is 0 Å². The lowest BCUT2D eigenvalue weighted by Gasteiger charge is -2.31. The van der Waals surface area contributed by atoms with Crippen LogP contribution in [0.1, 0.15) is 24.2 Å². The average Bonchev–Trinajstić information content (AvgIpc) is 2.54. The second-order valence-electron chi connectivity index (χ2n) is 5.37. The van der Waals surface area contributed by atoms with Crippen molar-refractivity contribution in [2.75, 3.05) is 6.61 Å². The predicted molar refractivity (Wildman–Crippen MR) is 86.3 cm³/mol. The number of benzene rings is 1. The van der Waals surface area contributed by atoms with Gasteiger partial charge in [0, 0.05) is 11.4 Å². The number of rotatable bonds is 3. The highest BCUT2D eigenvalue weighted by atomic mass is 35.5. The zero-order chi connectivity index (χ0) is 17.3. The van der Waals surface area contributed by atoms with Crippen LogP contribution in [0.5, 0.6) is 5.88 Å². The number of esters is 1. The third-order valence-corrected chi connectivity index (χ3v) is 4.04. The molecule has 126 valence electrons. The third-order valence-electron chi connectivity index (χ3n) is 3.80. The Morgan fingerprint density at radius 1 is 1.38 bits per heavy atom. The molecule has 7 nitrogen and oxygen atoms in total. The maximum Gasteiger partial charge on any atom is 0.328 e. The SMILES string of the molecule is CCOC(=O)[C@H]1Cc2c([nH]c(=O)[nH]c2=O)O[C@@H]1c1cccc(Cl)c1. The maximum atomic E-state index is 12.3. The van der Waals surface area contributed by atoms with Crippen molar-refractivity contribution in [2.24, 2.45) is 5.92 Å². The Kier molecular flexibility index (Phi) is 4.44. The molecule has 0 amide bonds. The lowest BCUT2D eigenvalue weighted by molar-refractivity contribution is -0.152. The summed E-state index contributed by atoms with van der Waals surface area (Å²) in [6.45, 7) is 1.92. The van der Waals surface area contributed by atoms with Crippen molar-refractivity contribution in [3.63, 3.8) is 0 Å². The van der Waals surface area contributed by atoms with Crippen molar-refractivity contribution in [3.05, 3.63) is 61.3 Å². The van der Waals surface area contributed by atoms with E-state index < -0.39 is 29.2 Å². The molecule has 1 aromatic carbocycles. The third kappa shape index (κ3) is 3.07. The molecule has 0 saturated carbocycles. The van der Waals surface area contributed by atoms with Gasteiger partial charge in [-0.3, -0.25) is 19.6 Å². The molecule has 1 aromatic heterocycles. The van der Waals surface area contributed by atoms with Gasteiger partial charge in [0.05, 0.1) is 12.2 Å². The molecule has 0 bridgehead atoms. The fourth-order valence-corrected chi connectivity index (χ4v) is 2.95. The molecular weight excluding hydrogens is 336 g/mol. The van der Waals surface area contributed by atoms with Crippen LogP contribution in [0.4, 0.5) is 0 Å². The zero-order valence-corrected chi connectivity index (χ0v) is 13.6. The molecule has 2 N–H and O–H groups in total. The van der Waals surface area contributed by atoms with Gasteiger partial charge in [-0.05, 0) is 24.6 Å². The van der Waals surface area contributed by atoms with E-state index in [-0.39, 0.29) is 24.5 Å². The molecule has 2 aromatic rings. The van der Waals surface area contributed by atoms with Gasteiger partial charge in [-0.1, -0.05) is 23.7 Å². The minimum Gasteiger partial charge on any atom is -0.469 e. The number of nitrogens with one attached hydrogen (secondary N) is 2. The summed E-state index contributed by atoms with van der Waals surface area (Å²) in [4.78, 5) is 40.4. The molecule has 8 heteroatoms. The largest absolute Gasteiger partial charge is 0.469 e. The van der Waals surface area contributed by atoms with Gasteiger partial charge in [-0.25, -0.2) is 4.79 Å². The van der Waals surface area contributed by atoms with Crippen molar-refractivity contribution in [2.45, 2.75) is 19.4 Å². The van der Waals surface area contributed by atoms with E-state index in [4.69, 9.17) is 21.1 Å². The monoisotopic (exact) mass is 350 g/mol. The summed E-state index contributed by atoms with van der Waals surface area (Å²) >= 11 is 6.02. The van der Waals surface area contributed by atoms with E-state index in [1.54, 1.807) is 31.2 Å². The summed E-state index contributed by atoms with van der Waals surface area (Å²) in [7, 11) is 0. The molecule has 1 aliphatic heterocycles. The summed E-state index contributed by atoms with van der Waals surface area (Å²) in [5, 5.41) is 0.490. The van der Waals surface area contributed by atoms with Crippen LogP contribution in [0.15, 0.2) is 33.9 Å². The lowest BCUT2D eigenvalue weighted by Crippen LogP contribution is -2.38. The van der Waals surface area contributed by atoms with Crippen molar-refractivity contribution < 1.29 is 14.3 Å². The van der Waals surface area contributed by atoms with Gasteiger partial charge in [0.1, 0.15) is 12.0 Å². The van der Waals surface area contributed by atoms with Crippen LogP contribution in [0.3, 0.4) is 0 Å². The first-order valence-electron chi connectivity index (χ1n) is 7.43. The number of hydrogen-bond acceptors (Lipinski definition) is 5. The zero-order valence-electron chi connectivity index (χ0n) is 12.8. The number of aromatic nitrogens is 2. The highest BCUT2D eigenvalue weighted by Crippen LogP contribution is 2.37. The number of aromatic amines is 2. The molecule has 0 unspecified atom stereocenters. The standard InChI is InChI=1S/C16H15ClN2O5/c1-2-23-15(21)10-7-11-13(20)18-16(22)19-14(11)24-12(10)8-4-3-5-9(17)6-8/h3-6,10,12H,2,7H2,1H3,(H2,18,19,20,22)/t10-,12+/m0/s1. The van der Waals surface area contributed by atoms with E-state index in [1.165, 1.54) is 0 Å². The number of carbonyl (C=O) groups is 1. The van der Waals surface area contributed by atoms with Gasteiger partial charge < -0.3 is 9.47 Å². The first kappa shape index (κ1) is 16.3. The van der Waals surface area contributed by atoms with E-state index in [0.29, 0.717) is 10.6 Å². The van der Waals surface area contributed by atoms with Crippen LogP contribution in [-0.4, -0.2) is 22.5 Å². The van der Waals surface area contributed by atoms with Crippen molar-refractivity contribution in [3.8, 4) is 5.88 Å². The number of fused-ring (bicyclic) bond motifs is 1. The molecule has 0 fully saturated rings. The van der Waals surface area contributed by atoms with Gasteiger partial charge >= 0.3 is 11.7 Å². The minimum absolute atomic E-state index is 0.0641. The van der Waals surface area contributed by atoms with Crippen LogP contribution in [0.2, 0.25) is 5.02 Å². The molecular formula is C16H15ClN2O5. The van der Waals surface area contributed by atoms with Crippen LogP contribution in [-0.2, 0) is 16.0 Å². The predicted octanol–water partition coefficient (Wildman–Crippen LogP) is 1.57. The number of H-pyrrole nitrogens is 2. The Labute approximate surface area is 141 Å². The molecule has 2 heterocycles. The van der Waals surface area contributed by atoms with Crippen LogP contribution in [0.25, 0.3) is 0 Å². The minimum atomic E-state index is -0.720. The number of ether oxygens (including phenoxy) is 2. The number of carbonyl (C=O) groups excluding carboxylic acids is 1. The van der Waals surface area contributed by atoms with Crippen LogP contribution in [0, 0.1) is 5.92 Å². The second kappa shape index (κ2) is 6.52. The van der Waals surface area contributed by atoms with Gasteiger partial charge in [-0.15, -0.1) is 0 Å². The van der Waals surface area contributed by atoms with Gasteiger partial charge in [-0.2, -0.15) is 0 Å². The van der Waals surface area contributed by atoms with Gasteiger partial charge in [0.15, 0.2) is 0 Å². The molecule has 0 spiro atoms. The fourth-order valence-electron chi connectivity index (χ4n) is 2.75. The van der Waals surface area contributed by atoms with Crippen LogP contribution < -0.4 is 16.0 Å². The Balaban J connectivity index is 2.08. The smallest absolute Gasteiger partial charge is 0.328 e. The first-order valence-corrected chi connectivity index (χ1v) is 7.81. The van der Waals surface area contributed by atoms with E-state index in [2.05, 4.69) is 9.97 Å². The summed E-state index contributed by atoms with van der Waals surface area (Å²) in [6, 6.07) is 6.88. The van der Waals surface area contributed by atoms with Gasteiger partial charge in [0.25, 0.3) is 5.56 Å². The molecule has 0 saturated heterocycles. The van der Waals surface area contributed by atoms with Gasteiger partial charge in [0.2, 0.25) is 5.88 Å². The first-order chi connectivity index (χ1) is 11.5. The highest BCUT2D eigenvalue weighted by Gasteiger charge is 2.39. The summed E-state index contributed by atoms with van der Waals surface area (Å²) in [5.74, 6) is -1.13. The number of hydrogen-bond donors (Lipinski definition) is 2. The van der Waals surface area contributed by atoms with Crippen molar-refractivity contribution in [1.29, 1.82) is 0 Å². The topological polar surface area (TPSA) is 101 Å². The summed E-state index contributed by atoms with van der Waals surface area (Å²) in [6.07, 6.45) is -0.620. The Morgan fingerprint density at radius 3 is 2.88 bits per heavy atom. The summed E-state index contributed by atoms with van der Waals surface area (Å²) in [5.41, 5.74) is -0.371. The maximum absolute atomic E-state index is 12.3. The normalized spacial score (nSPS) is 19.2. The second-order valence-corrected chi connectivity index (χ2v) is 5.81. The van der Waals surface area contributed by atoms with Crippen molar-refractivity contribution >= 4 is 17.6 Å². The van der Waals surface area contributed by atoms with Crippen LogP contribution >= 0.6 is 11.6 Å². The Bertz CT molecular complexity index is 889. The molecule has 0 aliphatic carbocycles. The van der Waals surface area contributed by atoms with E-state index in [0.717, 1.165) is 0 Å². The molecule has 1 aliphatic rings. The number of halogens is 1. The fraction of sp³-hybridized carbons (Fsp3) is 0.312. The molecule has 24 heavy (non-hydrogen) atoms. The highest BCUT2D eigenvalue weighted by molar-refractivity contribution is 6.30. The molecule has 2 atom stereocenters.